The molecule has 0 atom stereocenters. The lowest BCUT2D eigenvalue weighted by Gasteiger charge is -2.20. The second-order valence-electron chi connectivity index (χ2n) is 15.8. The van der Waals surface area contributed by atoms with Crippen molar-refractivity contribution < 1.29 is 52.1 Å². The van der Waals surface area contributed by atoms with Crippen molar-refractivity contribution in [3.63, 3.8) is 0 Å². The van der Waals surface area contributed by atoms with Crippen LogP contribution in [0.4, 0.5) is 10.5 Å². The van der Waals surface area contributed by atoms with Gasteiger partial charge in [-0.05, 0) is 98.0 Å². The van der Waals surface area contributed by atoms with Gasteiger partial charge in [0.1, 0.15) is 42.5 Å². The van der Waals surface area contributed by atoms with Crippen molar-refractivity contribution in [1.82, 2.24) is 10.6 Å². The van der Waals surface area contributed by atoms with Gasteiger partial charge < -0.3 is 44.1 Å². The number of hydrogen-bond donors (Lipinski definition) is 3. The molecule has 4 aromatic carbocycles. The van der Waals surface area contributed by atoms with Crippen molar-refractivity contribution in [2.75, 3.05) is 51.4 Å². The van der Waals surface area contributed by atoms with E-state index in [0.717, 1.165) is 22.3 Å². The van der Waals surface area contributed by atoms with Crippen molar-refractivity contribution in [3.05, 3.63) is 130 Å². The summed E-state index contributed by atoms with van der Waals surface area (Å²) in [7, 11) is 0. The molecular weight excluding hydrogens is 823 g/mol. The summed E-state index contributed by atoms with van der Waals surface area (Å²) in [5, 5.41) is 8.53. The Morgan fingerprint density at radius 2 is 1.41 bits per heavy atom. The number of alkyl carbamates (subject to hydrolysis) is 1. The van der Waals surface area contributed by atoms with E-state index in [-0.39, 0.29) is 66.9 Å². The Balaban J connectivity index is 0.957. The highest BCUT2D eigenvalue weighted by atomic mass is 16.6. The fourth-order valence-corrected chi connectivity index (χ4v) is 7.46. The van der Waals surface area contributed by atoms with Crippen molar-refractivity contribution in [2.24, 2.45) is 0 Å². The molecule has 0 bridgehead atoms. The van der Waals surface area contributed by atoms with Gasteiger partial charge in [0, 0.05) is 53.3 Å². The van der Waals surface area contributed by atoms with Crippen LogP contribution in [0.25, 0.3) is 44.5 Å². The van der Waals surface area contributed by atoms with Gasteiger partial charge in [-0.25, -0.2) is 14.4 Å². The Morgan fingerprint density at radius 1 is 0.703 bits per heavy atom. The standard InChI is InChI=1S/C49H47N3O12/c1-5-60-47(57)36-17-14-29(22-39(36)46-37-18-15-30(53)23-41(37)63-42-24-31(16-19-38(42)46)61-28-45(56)64-49(2,3)4)52-44(55)27-59-26-43(54)50-20-21-51-48(58)62-25-40-34-12-8-6-10-32(34)33-11-7-9-13-35(33)40/h6-19,22-24,40H,5,20-21,25-28H2,1-4H3,(H,50,54)(H,51,58)(H,52,55). The first kappa shape index (κ1) is 44.5. The molecular formula is C49H47N3O12. The largest absolute Gasteiger partial charge is 0.482 e. The van der Waals surface area contributed by atoms with Crippen LogP contribution in [0, 0.1) is 0 Å². The Bertz CT molecular complexity index is 2710. The summed E-state index contributed by atoms with van der Waals surface area (Å²) in [4.78, 5) is 76.2. The maximum Gasteiger partial charge on any atom is 0.407 e. The second-order valence-corrected chi connectivity index (χ2v) is 15.8. The minimum Gasteiger partial charge on any atom is -0.482 e. The molecule has 2 aliphatic carbocycles. The molecule has 0 aromatic heterocycles. The van der Waals surface area contributed by atoms with Gasteiger partial charge in [-0.15, -0.1) is 0 Å². The van der Waals surface area contributed by atoms with Crippen LogP contribution in [0.5, 0.6) is 5.75 Å². The molecule has 0 spiro atoms. The summed E-state index contributed by atoms with van der Waals surface area (Å²) in [6.07, 6.45) is -0.612. The number of benzene rings is 5. The number of fused-ring (bicyclic) bond motifs is 5. The molecule has 3 N–H and O–H groups in total. The first-order valence-electron chi connectivity index (χ1n) is 20.7. The van der Waals surface area contributed by atoms with Gasteiger partial charge >= 0.3 is 18.0 Å². The molecule has 0 saturated carbocycles. The molecule has 0 fully saturated rings. The maximum absolute atomic E-state index is 13.4. The molecule has 3 aliphatic rings. The lowest BCUT2D eigenvalue weighted by atomic mass is 9.90. The number of carbonyl (C=O) groups excluding carboxylic acids is 5. The van der Waals surface area contributed by atoms with E-state index >= 15 is 0 Å². The zero-order valence-corrected chi connectivity index (χ0v) is 35.7. The predicted octanol–water partition coefficient (Wildman–Crippen LogP) is 7.07. The average molecular weight is 870 g/mol. The highest BCUT2D eigenvalue weighted by Crippen LogP contribution is 2.45. The Morgan fingerprint density at radius 3 is 2.12 bits per heavy atom. The van der Waals surface area contributed by atoms with Crippen LogP contribution in [0.15, 0.2) is 112 Å². The number of nitrogens with one attached hydrogen (secondary N) is 3. The van der Waals surface area contributed by atoms with Gasteiger partial charge in [0.25, 0.3) is 0 Å². The Hall–Kier alpha value is -7.52. The highest BCUT2D eigenvalue weighted by molar-refractivity contribution is 6.09. The van der Waals surface area contributed by atoms with Gasteiger partial charge in [-0.3, -0.25) is 14.4 Å². The van der Waals surface area contributed by atoms with Crippen molar-refractivity contribution >= 4 is 46.5 Å². The quantitative estimate of drug-likeness (QED) is 0.0388. The third-order valence-corrected chi connectivity index (χ3v) is 10.0. The number of hydrogen-bond acceptors (Lipinski definition) is 12. The maximum atomic E-state index is 13.4. The number of rotatable bonds is 16. The van der Waals surface area contributed by atoms with E-state index in [1.165, 1.54) is 24.3 Å². The molecule has 15 nitrogen and oxygen atoms in total. The Labute approximate surface area is 368 Å². The summed E-state index contributed by atoms with van der Waals surface area (Å²) in [6.45, 7) is 6.12. The van der Waals surface area contributed by atoms with E-state index in [4.69, 9.17) is 28.1 Å². The molecule has 3 amide bonds. The van der Waals surface area contributed by atoms with Gasteiger partial charge in [-0.2, -0.15) is 0 Å². The topological polar surface area (TPSA) is 198 Å². The number of esters is 2. The lowest BCUT2D eigenvalue weighted by Crippen LogP contribution is -2.37. The summed E-state index contributed by atoms with van der Waals surface area (Å²) >= 11 is 0. The summed E-state index contributed by atoms with van der Waals surface area (Å²) in [5.74, 6) is -1.86. The fraction of sp³-hybridized carbons (Fsp3) is 0.265. The molecule has 1 aliphatic heterocycles. The first-order chi connectivity index (χ1) is 30.8. The predicted molar refractivity (Wildman–Crippen MR) is 237 cm³/mol. The monoisotopic (exact) mass is 869 g/mol. The number of carbonyl (C=O) groups is 5. The number of anilines is 1. The van der Waals surface area contributed by atoms with Crippen LogP contribution in [-0.4, -0.2) is 81.6 Å². The van der Waals surface area contributed by atoms with Gasteiger partial charge in [0.15, 0.2) is 12.0 Å². The van der Waals surface area contributed by atoms with Crippen LogP contribution in [0.1, 0.15) is 55.1 Å². The molecule has 64 heavy (non-hydrogen) atoms. The van der Waals surface area contributed by atoms with Crippen LogP contribution >= 0.6 is 0 Å². The Kier molecular flexibility index (Phi) is 13.7. The van der Waals surface area contributed by atoms with Crippen LogP contribution in [-0.2, 0) is 33.3 Å². The van der Waals surface area contributed by atoms with E-state index in [1.807, 2.05) is 36.4 Å². The van der Waals surface area contributed by atoms with Gasteiger partial charge in [0.05, 0.1) is 12.2 Å². The second kappa shape index (κ2) is 19.7. The van der Waals surface area contributed by atoms with Gasteiger partial charge in [0.2, 0.25) is 11.8 Å². The molecule has 7 rings (SSSR count). The smallest absolute Gasteiger partial charge is 0.407 e. The fourth-order valence-electron chi connectivity index (χ4n) is 7.46. The number of ether oxygens (including phenoxy) is 5. The van der Waals surface area contributed by atoms with Crippen molar-refractivity contribution in [1.29, 1.82) is 0 Å². The van der Waals surface area contributed by atoms with Crippen LogP contribution in [0.2, 0.25) is 0 Å². The van der Waals surface area contributed by atoms with Crippen molar-refractivity contribution in [3.8, 4) is 39.3 Å². The SMILES string of the molecule is CCOC(=O)c1ccc(NC(=O)COCC(=O)NCCNC(=O)OCC2c3ccccc3-c3ccccc32)cc1-c1c2ccc(=O)cc-2oc2cc(OCC(=O)OC(C)(C)C)ccc12. The molecule has 0 radical (unpaired) electrons. The normalized spacial score (nSPS) is 11.9. The third-order valence-electron chi connectivity index (χ3n) is 10.0. The summed E-state index contributed by atoms with van der Waals surface area (Å²) < 4.78 is 33.5. The summed E-state index contributed by atoms with van der Waals surface area (Å²) in [5.41, 5.74) is 5.52. The first-order valence-corrected chi connectivity index (χ1v) is 20.7. The molecule has 1 heterocycles. The zero-order chi connectivity index (χ0) is 45.4. The minimum absolute atomic E-state index is 0.0800. The van der Waals surface area contributed by atoms with E-state index in [1.54, 1.807) is 58.0 Å². The molecule has 0 unspecified atom stereocenters. The number of amides is 3. The third kappa shape index (κ3) is 10.7. The molecule has 330 valence electrons. The van der Waals surface area contributed by atoms with E-state index in [0.29, 0.717) is 27.8 Å². The highest BCUT2D eigenvalue weighted by Gasteiger charge is 2.29. The molecule has 4 aromatic rings. The van der Waals surface area contributed by atoms with Crippen molar-refractivity contribution in [2.45, 2.75) is 39.2 Å². The van der Waals surface area contributed by atoms with E-state index < -0.39 is 48.7 Å². The lowest BCUT2D eigenvalue weighted by molar-refractivity contribution is -0.157. The zero-order valence-electron chi connectivity index (χ0n) is 35.7. The average Bonchev–Trinajstić information content (AvgIpc) is 3.58. The molecule has 0 saturated heterocycles. The molecule has 15 heteroatoms. The van der Waals surface area contributed by atoms with Crippen LogP contribution in [0.3, 0.4) is 0 Å². The van der Waals surface area contributed by atoms with E-state index in [2.05, 4.69) is 28.1 Å². The minimum atomic E-state index is -0.699. The summed E-state index contributed by atoms with van der Waals surface area (Å²) in [6, 6.07) is 29.9. The van der Waals surface area contributed by atoms with Gasteiger partial charge in [-0.1, -0.05) is 48.5 Å². The van der Waals surface area contributed by atoms with E-state index in [9.17, 15) is 28.8 Å². The van der Waals surface area contributed by atoms with Crippen LogP contribution < -0.4 is 26.1 Å².